The lowest BCUT2D eigenvalue weighted by molar-refractivity contribution is -0.253. The van der Waals surface area contributed by atoms with Crippen LogP contribution in [0.25, 0.3) is 0 Å². The SMILES string of the molecule is O=c1cc2n(c(=O)[nH]1)C1(CCCO1)OC2. The second kappa shape index (κ2) is 2.80. The molecule has 1 aromatic rings. The topological polar surface area (TPSA) is 73.3 Å². The molecule has 6 nitrogen and oxygen atoms in total. The summed E-state index contributed by atoms with van der Waals surface area (Å²) < 4.78 is 12.4. The quantitative estimate of drug-likeness (QED) is 0.625. The summed E-state index contributed by atoms with van der Waals surface area (Å²) in [4.78, 5) is 24.9. The molecule has 0 aliphatic carbocycles. The van der Waals surface area contributed by atoms with Gasteiger partial charge in [-0.2, -0.15) is 0 Å². The van der Waals surface area contributed by atoms with Crippen LogP contribution in [0, 0.1) is 0 Å². The largest absolute Gasteiger partial charge is 0.332 e. The average molecular weight is 210 g/mol. The molecule has 1 saturated heterocycles. The second-order valence-corrected chi connectivity index (χ2v) is 3.72. The summed E-state index contributed by atoms with van der Waals surface area (Å²) in [5, 5.41) is 0. The molecule has 80 valence electrons. The number of ether oxygens (including phenoxy) is 2. The van der Waals surface area contributed by atoms with Crippen molar-refractivity contribution in [2.75, 3.05) is 6.61 Å². The zero-order valence-electron chi connectivity index (χ0n) is 7.99. The molecule has 1 aromatic heterocycles. The zero-order chi connectivity index (χ0) is 10.5. The van der Waals surface area contributed by atoms with Crippen LogP contribution < -0.4 is 11.2 Å². The van der Waals surface area contributed by atoms with Crippen molar-refractivity contribution in [1.29, 1.82) is 0 Å². The van der Waals surface area contributed by atoms with Crippen LogP contribution in [0.1, 0.15) is 18.5 Å². The number of fused-ring (bicyclic) bond motifs is 2. The number of nitrogens with one attached hydrogen (secondary N) is 1. The molecule has 0 amide bonds. The Morgan fingerprint density at radius 1 is 1.40 bits per heavy atom. The second-order valence-electron chi connectivity index (χ2n) is 3.72. The molecule has 1 spiro atoms. The monoisotopic (exact) mass is 210 g/mol. The Balaban J connectivity index is 2.26. The molecule has 0 saturated carbocycles. The predicted molar refractivity (Wildman–Crippen MR) is 49.3 cm³/mol. The molecule has 0 radical (unpaired) electrons. The maximum atomic E-state index is 11.6. The Morgan fingerprint density at radius 3 is 3.00 bits per heavy atom. The molecular weight excluding hydrogens is 200 g/mol. The van der Waals surface area contributed by atoms with E-state index in [0.29, 0.717) is 18.7 Å². The van der Waals surface area contributed by atoms with Crippen LogP contribution in [-0.4, -0.2) is 16.2 Å². The number of rotatable bonds is 0. The van der Waals surface area contributed by atoms with Gasteiger partial charge in [0.25, 0.3) is 11.5 Å². The van der Waals surface area contributed by atoms with Crippen molar-refractivity contribution in [3.8, 4) is 0 Å². The Labute approximate surface area is 84.4 Å². The van der Waals surface area contributed by atoms with E-state index in [0.717, 1.165) is 6.42 Å². The number of aromatic amines is 1. The van der Waals surface area contributed by atoms with Crippen molar-refractivity contribution in [1.82, 2.24) is 9.55 Å². The molecule has 1 unspecified atom stereocenters. The molecule has 1 fully saturated rings. The van der Waals surface area contributed by atoms with Crippen LogP contribution in [0.4, 0.5) is 0 Å². The molecule has 3 heterocycles. The van der Waals surface area contributed by atoms with Gasteiger partial charge in [-0.15, -0.1) is 0 Å². The summed E-state index contributed by atoms with van der Waals surface area (Å²) in [5.74, 6) is -0.962. The van der Waals surface area contributed by atoms with Gasteiger partial charge in [0.2, 0.25) is 0 Å². The predicted octanol–water partition coefficient (Wildman–Crippen LogP) is -0.513. The number of aromatic nitrogens is 2. The highest BCUT2D eigenvalue weighted by atomic mass is 16.7. The minimum absolute atomic E-state index is 0.249. The highest BCUT2D eigenvalue weighted by Gasteiger charge is 2.45. The lowest BCUT2D eigenvalue weighted by Crippen LogP contribution is -2.42. The van der Waals surface area contributed by atoms with E-state index in [1.165, 1.54) is 10.6 Å². The molecule has 15 heavy (non-hydrogen) atoms. The highest BCUT2D eigenvalue weighted by molar-refractivity contribution is 5.06. The van der Waals surface area contributed by atoms with Crippen LogP contribution in [0.5, 0.6) is 0 Å². The van der Waals surface area contributed by atoms with Gasteiger partial charge in [-0.25, -0.2) is 9.36 Å². The van der Waals surface area contributed by atoms with Crippen molar-refractivity contribution in [3.05, 3.63) is 32.6 Å². The summed E-state index contributed by atoms with van der Waals surface area (Å²) >= 11 is 0. The van der Waals surface area contributed by atoms with Gasteiger partial charge in [-0.05, 0) is 6.42 Å². The molecule has 3 rings (SSSR count). The molecular formula is C9H10N2O4. The number of H-pyrrole nitrogens is 1. The van der Waals surface area contributed by atoms with Gasteiger partial charge in [0.15, 0.2) is 0 Å². The average Bonchev–Trinajstić information content (AvgIpc) is 2.76. The summed E-state index contributed by atoms with van der Waals surface area (Å²) in [6, 6.07) is 1.37. The number of hydrogen-bond donors (Lipinski definition) is 1. The lowest BCUT2D eigenvalue weighted by atomic mass is 10.3. The van der Waals surface area contributed by atoms with Crippen LogP contribution in [-0.2, 0) is 22.0 Å². The maximum absolute atomic E-state index is 11.6. The number of hydrogen-bond acceptors (Lipinski definition) is 4. The molecule has 6 heteroatoms. The first-order valence-corrected chi connectivity index (χ1v) is 4.85. The first kappa shape index (κ1) is 8.87. The van der Waals surface area contributed by atoms with E-state index in [1.807, 2.05) is 0 Å². The van der Waals surface area contributed by atoms with Crippen LogP contribution in [0.3, 0.4) is 0 Å². The van der Waals surface area contributed by atoms with E-state index in [1.54, 1.807) is 0 Å². The van der Waals surface area contributed by atoms with E-state index < -0.39 is 17.2 Å². The Morgan fingerprint density at radius 2 is 2.27 bits per heavy atom. The fourth-order valence-corrected chi connectivity index (χ4v) is 2.16. The van der Waals surface area contributed by atoms with Crippen molar-refractivity contribution >= 4 is 0 Å². The molecule has 1 N–H and O–H groups in total. The van der Waals surface area contributed by atoms with E-state index in [2.05, 4.69) is 4.98 Å². The summed E-state index contributed by atoms with van der Waals surface area (Å²) in [5.41, 5.74) is -0.285. The van der Waals surface area contributed by atoms with Gasteiger partial charge >= 0.3 is 5.69 Å². The van der Waals surface area contributed by atoms with Crippen molar-refractivity contribution in [3.63, 3.8) is 0 Å². The van der Waals surface area contributed by atoms with Gasteiger partial charge in [0.05, 0.1) is 18.9 Å². The summed E-state index contributed by atoms with van der Waals surface area (Å²) in [6.45, 7) is 0.824. The minimum atomic E-state index is -0.962. The third kappa shape index (κ3) is 1.12. The van der Waals surface area contributed by atoms with E-state index in [4.69, 9.17) is 9.47 Å². The Hall–Kier alpha value is -1.40. The molecule has 1 atom stereocenters. The minimum Gasteiger partial charge on any atom is -0.332 e. The smallest absolute Gasteiger partial charge is 0.332 e. The van der Waals surface area contributed by atoms with E-state index in [9.17, 15) is 9.59 Å². The maximum Gasteiger partial charge on any atom is 0.332 e. The fourth-order valence-electron chi connectivity index (χ4n) is 2.16. The molecule has 2 aliphatic heterocycles. The van der Waals surface area contributed by atoms with Gasteiger partial charge in [0, 0.05) is 12.5 Å². The van der Waals surface area contributed by atoms with E-state index in [-0.39, 0.29) is 6.61 Å². The summed E-state index contributed by atoms with van der Waals surface area (Å²) in [6.07, 6.45) is 1.50. The third-order valence-electron chi connectivity index (χ3n) is 2.77. The Bertz CT molecular complexity index is 510. The zero-order valence-corrected chi connectivity index (χ0v) is 7.99. The Kier molecular flexibility index (Phi) is 1.66. The van der Waals surface area contributed by atoms with Gasteiger partial charge in [-0.3, -0.25) is 9.78 Å². The van der Waals surface area contributed by atoms with Gasteiger partial charge in [-0.1, -0.05) is 0 Å². The molecule has 0 bridgehead atoms. The normalized spacial score (nSPS) is 28.5. The highest BCUT2D eigenvalue weighted by Crippen LogP contribution is 2.36. The van der Waals surface area contributed by atoms with Crippen LogP contribution in [0.2, 0.25) is 0 Å². The van der Waals surface area contributed by atoms with Gasteiger partial charge in [0.1, 0.15) is 0 Å². The molecule has 0 aromatic carbocycles. The van der Waals surface area contributed by atoms with Gasteiger partial charge < -0.3 is 9.47 Å². The van der Waals surface area contributed by atoms with Crippen molar-refractivity contribution in [2.45, 2.75) is 25.4 Å². The first-order chi connectivity index (χ1) is 7.21. The summed E-state index contributed by atoms with van der Waals surface area (Å²) in [7, 11) is 0. The first-order valence-electron chi connectivity index (χ1n) is 4.85. The van der Waals surface area contributed by atoms with Crippen molar-refractivity contribution < 1.29 is 9.47 Å². The molecule has 2 aliphatic rings. The van der Waals surface area contributed by atoms with Crippen LogP contribution in [0.15, 0.2) is 15.7 Å². The fraction of sp³-hybridized carbons (Fsp3) is 0.556. The van der Waals surface area contributed by atoms with Crippen molar-refractivity contribution in [2.24, 2.45) is 0 Å². The lowest BCUT2D eigenvalue weighted by Gasteiger charge is -2.23. The van der Waals surface area contributed by atoms with E-state index >= 15 is 0 Å². The number of nitrogens with zero attached hydrogens (tertiary/aromatic N) is 1. The standard InChI is InChI=1S/C9H10N2O4/c12-7-4-6-5-15-9(2-1-3-14-9)11(6)8(13)10-7/h4H,1-3,5H2,(H,10,12,13). The van der Waals surface area contributed by atoms with Crippen LogP contribution >= 0.6 is 0 Å². The third-order valence-corrected chi connectivity index (χ3v) is 2.77.